The van der Waals surface area contributed by atoms with E-state index in [4.69, 9.17) is 16.3 Å². The van der Waals surface area contributed by atoms with Crippen LogP contribution in [0.15, 0.2) is 42.6 Å². The zero-order chi connectivity index (χ0) is 29.3. The average Bonchev–Trinajstić information content (AvgIpc) is 3.28. The number of ketones is 1. The molecule has 2 atom stereocenters. The number of Topliss-reactive ketones (excluding diaryl/α,β-unsaturated/α-hetero) is 1. The van der Waals surface area contributed by atoms with Crippen molar-refractivity contribution in [2.24, 2.45) is 0 Å². The first-order chi connectivity index (χ1) is 18.9. The van der Waals surface area contributed by atoms with Crippen molar-refractivity contribution in [3.63, 3.8) is 0 Å². The highest BCUT2D eigenvalue weighted by Gasteiger charge is 2.34. The van der Waals surface area contributed by atoms with E-state index in [1.165, 1.54) is 44.6 Å². The van der Waals surface area contributed by atoms with Crippen LogP contribution in [0.2, 0.25) is 5.02 Å². The number of hydrogen-bond donors (Lipinski definition) is 0. The number of hydrogen-bond acceptors (Lipinski definition) is 6. The van der Waals surface area contributed by atoms with Gasteiger partial charge in [0.25, 0.3) is 17.6 Å². The Bertz CT molecular complexity index is 1470. The Morgan fingerprint density at radius 1 is 1.02 bits per heavy atom. The molecule has 0 aliphatic carbocycles. The summed E-state index contributed by atoms with van der Waals surface area (Å²) >= 11 is 6.59. The first-order valence-electron chi connectivity index (χ1n) is 13.0. The van der Waals surface area contributed by atoms with Gasteiger partial charge in [0.1, 0.15) is 5.82 Å². The van der Waals surface area contributed by atoms with E-state index in [9.17, 15) is 23.6 Å². The zero-order valence-corrected chi connectivity index (χ0v) is 23.9. The molecule has 0 saturated carbocycles. The highest BCUT2D eigenvalue weighted by molar-refractivity contribution is 6.45. The predicted molar refractivity (Wildman–Crippen MR) is 149 cm³/mol. The quantitative estimate of drug-likeness (QED) is 0.321. The largest absolute Gasteiger partial charge is 0.449 e. The summed E-state index contributed by atoms with van der Waals surface area (Å²) in [5.41, 5.74) is 1.36. The summed E-state index contributed by atoms with van der Waals surface area (Å²) in [6, 6.07) is 9.11. The summed E-state index contributed by atoms with van der Waals surface area (Å²) in [6.45, 7) is 7.34. The molecule has 0 bridgehead atoms. The number of amides is 2. The highest BCUT2D eigenvalue weighted by atomic mass is 35.5. The molecule has 11 heteroatoms. The Kier molecular flexibility index (Phi) is 8.60. The minimum absolute atomic E-state index is 0.00691. The van der Waals surface area contributed by atoms with E-state index in [1.807, 2.05) is 13.8 Å². The Morgan fingerprint density at radius 3 is 2.33 bits per heavy atom. The number of carbonyl (C=O) groups is 4. The molecule has 40 heavy (non-hydrogen) atoms. The van der Waals surface area contributed by atoms with Gasteiger partial charge in [-0.2, -0.15) is 0 Å². The summed E-state index contributed by atoms with van der Waals surface area (Å²) in [5, 5.41) is 0.351. The lowest BCUT2D eigenvalue weighted by Gasteiger charge is -2.44. The van der Waals surface area contributed by atoms with Crippen LogP contribution in [0.25, 0.3) is 10.9 Å². The summed E-state index contributed by atoms with van der Waals surface area (Å²) in [6.07, 6.45) is 0.509. The third kappa shape index (κ3) is 5.73. The second-order valence-electron chi connectivity index (χ2n) is 10.2. The molecule has 1 aliphatic heterocycles. The molecule has 2 aromatic carbocycles. The fourth-order valence-corrected chi connectivity index (χ4v) is 5.17. The topological polar surface area (TPSA) is 92.2 Å². The zero-order valence-electron chi connectivity index (χ0n) is 23.1. The lowest BCUT2D eigenvalue weighted by Crippen LogP contribution is -2.57. The van der Waals surface area contributed by atoms with E-state index >= 15 is 0 Å². The molecule has 9 nitrogen and oxygen atoms in total. The van der Waals surface area contributed by atoms with Gasteiger partial charge in [-0.1, -0.05) is 23.7 Å². The lowest BCUT2D eigenvalue weighted by molar-refractivity contribution is -0.124. The van der Waals surface area contributed by atoms with Crippen molar-refractivity contribution >= 4 is 46.2 Å². The van der Waals surface area contributed by atoms with E-state index in [-0.39, 0.29) is 57.5 Å². The molecule has 1 fully saturated rings. The third-order valence-electron chi connectivity index (χ3n) is 7.11. The van der Waals surface area contributed by atoms with Gasteiger partial charge in [-0.3, -0.25) is 23.9 Å². The normalized spacial score (nSPS) is 17.6. The number of piperazine rings is 1. The molecular formula is C29H32ClFN4O5. The maximum atomic E-state index is 13.8. The van der Waals surface area contributed by atoms with E-state index in [0.29, 0.717) is 19.6 Å². The molecule has 2 amide bonds. The predicted octanol–water partition coefficient (Wildman–Crippen LogP) is 4.44. The number of fused-ring (bicyclic) bond motifs is 1. The van der Waals surface area contributed by atoms with Crippen molar-refractivity contribution in [1.29, 1.82) is 0 Å². The van der Waals surface area contributed by atoms with Crippen LogP contribution in [0.1, 0.15) is 47.1 Å². The summed E-state index contributed by atoms with van der Waals surface area (Å²) in [5.74, 6) is -2.21. The van der Waals surface area contributed by atoms with Crippen molar-refractivity contribution in [2.75, 3.05) is 33.8 Å². The van der Waals surface area contributed by atoms with Crippen molar-refractivity contribution in [2.45, 2.75) is 39.4 Å². The fourth-order valence-electron chi connectivity index (χ4n) is 4.93. The van der Waals surface area contributed by atoms with Crippen molar-refractivity contribution in [1.82, 2.24) is 19.3 Å². The molecule has 1 aromatic heterocycles. The Hall–Kier alpha value is -3.76. The van der Waals surface area contributed by atoms with Crippen molar-refractivity contribution in [3.8, 4) is 0 Å². The molecule has 0 radical (unpaired) electrons. The summed E-state index contributed by atoms with van der Waals surface area (Å²) in [4.78, 5) is 57.1. The summed E-state index contributed by atoms with van der Waals surface area (Å²) in [7, 11) is 2.91. The SMILES string of the molecule is CCOC(=O)n1cc(C(=O)C(=O)N(C)C)c2cc(C(=O)N3CC(C)N(Cc4ccc(F)cc4)CC3C)c(Cl)cc21. The standard InChI is InChI=1S/C29H32ClFN4O5/c1-6-40-29(39)35-16-23(26(36)28(38)32(4)5)21-11-22(24(30)12-25(21)35)27(37)34-14-17(2)33(13-18(34)3)15-19-7-9-20(31)10-8-19/h7-12,16-18H,6,13-15H2,1-5H3. The first-order valence-corrected chi connectivity index (χ1v) is 13.4. The number of benzene rings is 2. The van der Waals surface area contributed by atoms with Crippen LogP contribution >= 0.6 is 11.6 Å². The van der Waals surface area contributed by atoms with E-state index in [0.717, 1.165) is 15.0 Å². The Balaban J connectivity index is 1.67. The summed E-state index contributed by atoms with van der Waals surface area (Å²) < 4.78 is 19.6. The van der Waals surface area contributed by atoms with E-state index in [1.54, 1.807) is 24.0 Å². The number of halogens is 2. The maximum Gasteiger partial charge on any atom is 0.418 e. The van der Waals surface area contributed by atoms with Gasteiger partial charge in [-0.15, -0.1) is 0 Å². The van der Waals surface area contributed by atoms with Gasteiger partial charge in [-0.05, 0) is 50.6 Å². The second-order valence-corrected chi connectivity index (χ2v) is 10.6. The smallest absolute Gasteiger partial charge is 0.418 e. The molecule has 3 aromatic rings. The van der Waals surface area contributed by atoms with Crippen LogP contribution in [0.5, 0.6) is 0 Å². The van der Waals surface area contributed by atoms with Gasteiger partial charge in [0.15, 0.2) is 0 Å². The van der Waals surface area contributed by atoms with Crippen molar-refractivity contribution < 1.29 is 28.3 Å². The van der Waals surface area contributed by atoms with Crippen molar-refractivity contribution in [3.05, 3.63) is 70.1 Å². The van der Waals surface area contributed by atoms with Crippen LogP contribution in [0, 0.1) is 5.82 Å². The number of carbonyl (C=O) groups excluding carboxylic acids is 4. The Labute approximate surface area is 237 Å². The van der Waals surface area contributed by atoms with Gasteiger partial charge in [0.05, 0.1) is 28.3 Å². The lowest BCUT2D eigenvalue weighted by atomic mass is 10.0. The van der Waals surface area contributed by atoms with Gasteiger partial charge in [-0.25, -0.2) is 9.18 Å². The van der Waals surface area contributed by atoms with Gasteiger partial charge < -0.3 is 14.5 Å². The number of likely N-dealkylation sites (N-methyl/N-ethyl adjacent to an activating group) is 1. The number of rotatable bonds is 6. The minimum atomic E-state index is -0.824. The van der Waals surface area contributed by atoms with Gasteiger partial charge >= 0.3 is 6.09 Å². The third-order valence-corrected chi connectivity index (χ3v) is 7.42. The molecule has 4 rings (SSSR count). The van der Waals surface area contributed by atoms with E-state index in [2.05, 4.69) is 4.90 Å². The van der Waals surface area contributed by atoms with Gasteiger partial charge in [0, 0.05) is 57.4 Å². The number of aromatic nitrogens is 1. The van der Waals surface area contributed by atoms with Crippen LogP contribution in [0.4, 0.5) is 9.18 Å². The van der Waals surface area contributed by atoms with E-state index < -0.39 is 17.8 Å². The molecular weight excluding hydrogens is 539 g/mol. The number of ether oxygens (including phenoxy) is 1. The molecule has 2 unspecified atom stereocenters. The molecule has 2 heterocycles. The molecule has 1 saturated heterocycles. The van der Waals surface area contributed by atoms with Crippen LogP contribution < -0.4 is 0 Å². The molecule has 1 aliphatic rings. The van der Waals surface area contributed by atoms with Crippen LogP contribution in [0.3, 0.4) is 0 Å². The molecule has 0 N–H and O–H groups in total. The van der Waals surface area contributed by atoms with Crippen LogP contribution in [-0.4, -0.2) is 88.8 Å². The minimum Gasteiger partial charge on any atom is -0.449 e. The van der Waals surface area contributed by atoms with Gasteiger partial charge in [0.2, 0.25) is 0 Å². The molecule has 0 spiro atoms. The first kappa shape index (κ1) is 29.2. The molecule has 212 valence electrons. The monoisotopic (exact) mass is 570 g/mol. The number of nitrogens with zero attached hydrogens (tertiary/aromatic N) is 4. The highest BCUT2D eigenvalue weighted by Crippen LogP contribution is 2.31. The van der Waals surface area contributed by atoms with Crippen LogP contribution in [-0.2, 0) is 16.1 Å². The second kappa shape index (κ2) is 11.8. The Morgan fingerprint density at radius 2 is 1.70 bits per heavy atom. The maximum absolute atomic E-state index is 13.8. The fraction of sp³-hybridized carbons (Fsp3) is 0.379. The average molecular weight is 571 g/mol.